The Hall–Kier alpha value is -7.83. The standard InChI is InChI=1S/C51H31N5O/c1-3-14-32(15-4-1)34-18-13-19-36(28-34)55-43-23-10-9-22-39(43)40-31-48-42(30-46(40)55)41-29-35(26-27-47(41)57-48)50-52-49(33-16-5-2-6-17-33)53-51(54-50)56-44-24-11-7-20-37(44)38-21-8-12-25-45(38)56/h1-31H. The Morgan fingerprint density at radius 3 is 1.58 bits per heavy atom. The van der Waals surface area contributed by atoms with Gasteiger partial charge in [0.2, 0.25) is 5.95 Å². The van der Waals surface area contributed by atoms with Gasteiger partial charge in [-0.15, -0.1) is 0 Å². The Bertz CT molecular complexity index is 3470. The molecule has 0 saturated heterocycles. The Balaban J connectivity index is 1.08. The van der Waals surface area contributed by atoms with Crippen LogP contribution in [-0.2, 0) is 0 Å². The first kappa shape index (κ1) is 31.5. The lowest BCUT2D eigenvalue weighted by Gasteiger charge is -2.11. The van der Waals surface area contributed by atoms with Gasteiger partial charge in [0.05, 0.1) is 22.1 Å². The monoisotopic (exact) mass is 729 g/mol. The van der Waals surface area contributed by atoms with Crippen LogP contribution >= 0.6 is 0 Å². The van der Waals surface area contributed by atoms with Crippen molar-refractivity contribution in [1.29, 1.82) is 0 Å². The lowest BCUT2D eigenvalue weighted by molar-refractivity contribution is 0.669. The van der Waals surface area contributed by atoms with E-state index in [1.165, 1.54) is 16.5 Å². The first-order valence-electron chi connectivity index (χ1n) is 19.1. The SMILES string of the molecule is c1ccc(-c2cccc(-n3c4ccccc4c4cc5oc6ccc(-c7nc(-c8ccccc8)nc(-n8c9ccccc9c9ccccc98)n7)cc6c5cc43)c2)cc1. The van der Waals surface area contributed by atoms with Crippen molar-refractivity contribution in [3.63, 3.8) is 0 Å². The van der Waals surface area contributed by atoms with Crippen LogP contribution in [0.25, 0.3) is 111 Å². The van der Waals surface area contributed by atoms with Crippen molar-refractivity contribution in [2.24, 2.45) is 0 Å². The normalized spacial score (nSPS) is 11.9. The summed E-state index contributed by atoms with van der Waals surface area (Å²) < 4.78 is 11.1. The highest BCUT2D eigenvalue weighted by Gasteiger charge is 2.20. The third-order valence-electron chi connectivity index (χ3n) is 11.2. The van der Waals surface area contributed by atoms with Crippen LogP contribution in [0.5, 0.6) is 0 Å². The van der Waals surface area contributed by atoms with Crippen molar-refractivity contribution in [3.8, 4) is 45.5 Å². The summed E-state index contributed by atoms with van der Waals surface area (Å²) >= 11 is 0. The Morgan fingerprint density at radius 2 is 0.877 bits per heavy atom. The summed E-state index contributed by atoms with van der Waals surface area (Å²) in [6.07, 6.45) is 0. The van der Waals surface area contributed by atoms with Gasteiger partial charge in [-0.2, -0.15) is 9.97 Å². The van der Waals surface area contributed by atoms with Crippen LogP contribution in [0.1, 0.15) is 0 Å². The zero-order chi connectivity index (χ0) is 37.5. The second kappa shape index (κ2) is 12.3. The number of rotatable bonds is 5. The summed E-state index contributed by atoms with van der Waals surface area (Å²) in [5.41, 5.74) is 11.2. The highest BCUT2D eigenvalue weighted by molar-refractivity contribution is 6.17. The molecule has 57 heavy (non-hydrogen) atoms. The van der Waals surface area contributed by atoms with E-state index in [1.807, 2.05) is 36.4 Å². The minimum absolute atomic E-state index is 0.567. The van der Waals surface area contributed by atoms with E-state index >= 15 is 0 Å². The van der Waals surface area contributed by atoms with Crippen molar-refractivity contribution in [2.45, 2.75) is 0 Å². The van der Waals surface area contributed by atoms with Gasteiger partial charge in [-0.25, -0.2) is 4.98 Å². The summed E-state index contributed by atoms with van der Waals surface area (Å²) in [5.74, 6) is 1.76. The minimum atomic E-state index is 0.567. The maximum atomic E-state index is 6.60. The third kappa shape index (κ3) is 4.94. The van der Waals surface area contributed by atoms with Crippen LogP contribution in [0.3, 0.4) is 0 Å². The number of hydrogen-bond acceptors (Lipinski definition) is 4. The molecule has 0 unspecified atom stereocenters. The van der Waals surface area contributed by atoms with Gasteiger partial charge < -0.3 is 8.98 Å². The van der Waals surface area contributed by atoms with Gasteiger partial charge in [0.25, 0.3) is 0 Å². The molecule has 4 heterocycles. The topological polar surface area (TPSA) is 61.7 Å². The van der Waals surface area contributed by atoms with Crippen LogP contribution in [0.4, 0.5) is 0 Å². The van der Waals surface area contributed by atoms with E-state index in [-0.39, 0.29) is 0 Å². The van der Waals surface area contributed by atoms with Gasteiger partial charge >= 0.3 is 0 Å². The van der Waals surface area contributed by atoms with E-state index in [2.05, 4.69) is 161 Å². The predicted octanol–water partition coefficient (Wildman–Crippen LogP) is 13.0. The molecule has 0 saturated carbocycles. The third-order valence-corrected chi connectivity index (χ3v) is 11.2. The molecular weight excluding hydrogens is 699 g/mol. The number of hydrogen-bond donors (Lipinski definition) is 0. The smallest absolute Gasteiger partial charge is 0.238 e. The molecule has 0 amide bonds. The molecule has 12 rings (SSSR count). The van der Waals surface area contributed by atoms with Crippen molar-refractivity contribution >= 4 is 65.6 Å². The van der Waals surface area contributed by atoms with Crippen LogP contribution in [0, 0.1) is 0 Å². The van der Waals surface area contributed by atoms with Gasteiger partial charge in [0.1, 0.15) is 11.2 Å². The second-order valence-electron chi connectivity index (χ2n) is 14.5. The molecule has 12 aromatic rings. The van der Waals surface area contributed by atoms with E-state index < -0.39 is 0 Å². The summed E-state index contributed by atoms with van der Waals surface area (Å²) in [6.45, 7) is 0. The molecule has 6 heteroatoms. The summed E-state index contributed by atoms with van der Waals surface area (Å²) in [7, 11) is 0. The van der Waals surface area contributed by atoms with Gasteiger partial charge in [-0.05, 0) is 71.8 Å². The number of aromatic nitrogens is 5. The van der Waals surface area contributed by atoms with Gasteiger partial charge in [0.15, 0.2) is 11.6 Å². The molecule has 266 valence electrons. The zero-order valence-electron chi connectivity index (χ0n) is 30.5. The lowest BCUT2D eigenvalue weighted by Crippen LogP contribution is -2.06. The molecule has 0 N–H and O–H groups in total. The molecule has 0 radical (unpaired) electrons. The van der Waals surface area contributed by atoms with Gasteiger partial charge in [-0.3, -0.25) is 4.57 Å². The molecule has 4 aromatic heterocycles. The number of furan rings is 1. The minimum Gasteiger partial charge on any atom is -0.456 e. The van der Waals surface area contributed by atoms with Crippen molar-refractivity contribution in [1.82, 2.24) is 24.1 Å². The Labute approximate surface area is 326 Å². The molecule has 0 spiro atoms. The van der Waals surface area contributed by atoms with Crippen LogP contribution in [0.15, 0.2) is 192 Å². The van der Waals surface area contributed by atoms with Crippen molar-refractivity contribution in [2.75, 3.05) is 0 Å². The predicted molar refractivity (Wildman–Crippen MR) is 232 cm³/mol. The van der Waals surface area contributed by atoms with Gasteiger partial charge in [-0.1, -0.05) is 127 Å². The number of benzene rings is 8. The highest BCUT2D eigenvalue weighted by Crippen LogP contribution is 2.40. The van der Waals surface area contributed by atoms with Crippen LogP contribution in [0.2, 0.25) is 0 Å². The van der Waals surface area contributed by atoms with E-state index in [0.717, 1.165) is 77.0 Å². The first-order valence-corrected chi connectivity index (χ1v) is 19.1. The fourth-order valence-electron chi connectivity index (χ4n) is 8.56. The molecule has 0 atom stereocenters. The fourth-order valence-corrected chi connectivity index (χ4v) is 8.56. The molecular formula is C51H31N5O. The van der Waals surface area contributed by atoms with Crippen molar-refractivity contribution in [3.05, 3.63) is 188 Å². The average Bonchev–Trinajstić information content (AvgIpc) is 3.93. The maximum Gasteiger partial charge on any atom is 0.238 e. The second-order valence-corrected chi connectivity index (χ2v) is 14.5. The zero-order valence-corrected chi connectivity index (χ0v) is 30.5. The summed E-state index contributed by atoms with van der Waals surface area (Å²) in [6, 6.07) is 65.6. The number of nitrogens with zero attached hydrogens (tertiary/aromatic N) is 5. The average molecular weight is 730 g/mol. The number of para-hydroxylation sites is 3. The van der Waals surface area contributed by atoms with Gasteiger partial charge in [0, 0.05) is 49.1 Å². The lowest BCUT2D eigenvalue weighted by atomic mass is 10.0. The Kier molecular flexibility index (Phi) is 6.83. The molecule has 8 aromatic carbocycles. The largest absolute Gasteiger partial charge is 0.456 e. The molecule has 0 fully saturated rings. The summed E-state index contributed by atoms with van der Waals surface area (Å²) in [4.78, 5) is 15.4. The molecule has 0 aliphatic carbocycles. The number of fused-ring (bicyclic) bond motifs is 9. The molecule has 6 nitrogen and oxygen atoms in total. The highest BCUT2D eigenvalue weighted by atomic mass is 16.3. The summed E-state index contributed by atoms with van der Waals surface area (Å²) in [5, 5.41) is 6.65. The molecule has 0 aliphatic heterocycles. The molecule has 0 bridgehead atoms. The van der Waals surface area contributed by atoms with Crippen LogP contribution in [-0.4, -0.2) is 24.1 Å². The van der Waals surface area contributed by atoms with Crippen molar-refractivity contribution < 1.29 is 4.42 Å². The van der Waals surface area contributed by atoms with E-state index in [9.17, 15) is 0 Å². The van der Waals surface area contributed by atoms with E-state index in [0.29, 0.717) is 17.6 Å². The first-order chi connectivity index (χ1) is 28.2. The van der Waals surface area contributed by atoms with E-state index in [1.54, 1.807) is 0 Å². The quantitative estimate of drug-likeness (QED) is 0.177. The van der Waals surface area contributed by atoms with E-state index in [4.69, 9.17) is 19.4 Å². The fraction of sp³-hybridized carbons (Fsp3) is 0. The van der Waals surface area contributed by atoms with Crippen LogP contribution < -0.4 is 0 Å². The Morgan fingerprint density at radius 1 is 0.316 bits per heavy atom. The maximum absolute atomic E-state index is 6.60. The molecule has 0 aliphatic rings.